The van der Waals surface area contributed by atoms with Gasteiger partial charge in [-0.15, -0.1) is 0 Å². The van der Waals surface area contributed by atoms with Crippen molar-refractivity contribution < 1.29 is 19.1 Å². The zero-order valence-corrected chi connectivity index (χ0v) is 14.3. The zero-order valence-electron chi connectivity index (χ0n) is 14.3. The van der Waals surface area contributed by atoms with Crippen molar-refractivity contribution in [3.05, 3.63) is 0 Å². The summed E-state index contributed by atoms with van der Waals surface area (Å²) in [5.74, 6) is 0.385. The number of rotatable bonds is 10. The van der Waals surface area contributed by atoms with Crippen LogP contribution >= 0.6 is 0 Å². The van der Waals surface area contributed by atoms with Crippen molar-refractivity contribution in [2.45, 2.75) is 90.6 Å². The monoisotopic (exact) mass is 312 g/mol. The fraction of sp³-hybridized carbons (Fsp3) is 0.889. The average molecular weight is 312 g/mol. The Labute approximate surface area is 134 Å². The molecule has 1 aliphatic rings. The molecule has 0 N–H and O–H groups in total. The minimum Gasteiger partial charge on any atom is -0.466 e. The van der Waals surface area contributed by atoms with Gasteiger partial charge < -0.3 is 9.47 Å². The second kappa shape index (κ2) is 11.5. The van der Waals surface area contributed by atoms with Crippen LogP contribution in [0.3, 0.4) is 0 Å². The summed E-state index contributed by atoms with van der Waals surface area (Å²) in [4.78, 5) is 23.2. The third-order valence-corrected chi connectivity index (χ3v) is 4.05. The highest BCUT2D eigenvalue weighted by atomic mass is 16.5. The number of carbonyl (C=O) groups is 2. The number of hydrogen-bond donors (Lipinski definition) is 0. The summed E-state index contributed by atoms with van der Waals surface area (Å²) in [5, 5.41) is 0. The van der Waals surface area contributed by atoms with E-state index < -0.39 is 0 Å². The first-order valence-corrected chi connectivity index (χ1v) is 8.93. The van der Waals surface area contributed by atoms with Crippen molar-refractivity contribution in [3.63, 3.8) is 0 Å². The van der Waals surface area contributed by atoms with Gasteiger partial charge in [0.1, 0.15) is 6.10 Å². The quantitative estimate of drug-likeness (QED) is 0.443. The topological polar surface area (TPSA) is 52.6 Å². The highest BCUT2D eigenvalue weighted by molar-refractivity contribution is 5.70. The molecule has 0 radical (unpaired) electrons. The molecule has 0 aromatic rings. The van der Waals surface area contributed by atoms with Crippen LogP contribution in [0.4, 0.5) is 0 Å². The van der Waals surface area contributed by atoms with Gasteiger partial charge in [0.15, 0.2) is 0 Å². The van der Waals surface area contributed by atoms with E-state index in [1.54, 1.807) is 0 Å². The molecule has 0 bridgehead atoms. The standard InChI is InChI=1S/C18H32O4/c1-15(2)9-8-14-21-17(19)12-6-7-13-18(20)22-16-10-4-3-5-11-16/h15-16H,3-14H2,1-2H3. The molecule has 4 heteroatoms. The summed E-state index contributed by atoms with van der Waals surface area (Å²) in [6.07, 6.45) is 9.96. The van der Waals surface area contributed by atoms with Gasteiger partial charge in [-0.3, -0.25) is 9.59 Å². The number of hydrogen-bond acceptors (Lipinski definition) is 4. The number of carbonyl (C=O) groups excluding carboxylic acids is 2. The van der Waals surface area contributed by atoms with Crippen LogP contribution in [0.15, 0.2) is 0 Å². The van der Waals surface area contributed by atoms with Crippen molar-refractivity contribution in [3.8, 4) is 0 Å². The Bertz CT molecular complexity index is 319. The Hall–Kier alpha value is -1.06. The maximum absolute atomic E-state index is 11.7. The maximum Gasteiger partial charge on any atom is 0.306 e. The molecule has 0 atom stereocenters. The normalized spacial score (nSPS) is 15.8. The zero-order chi connectivity index (χ0) is 16.2. The molecule has 0 heterocycles. The molecule has 22 heavy (non-hydrogen) atoms. The van der Waals surface area contributed by atoms with E-state index in [4.69, 9.17) is 9.47 Å². The van der Waals surface area contributed by atoms with Gasteiger partial charge >= 0.3 is 11.9 Å². The van der Waals surface area contributed by atoms with Crippen LogP contribution in [-0.4, -0.2) is 24.6 Å². The van der Waals surface area contributed by atoms with E-state index in [0.717, 1.165) is 25.7 Å². The second-order valence-corrected chi connectivity index (χ2v) is 6.71. The fourth-order valence-electron chi connectivity index (χ4n) is 2.72. The first-order valence-electron chi connectivity index (χ1n) is 8.93. The Kier molecular flexibility index (Phi) is 9.93. The summed E-state index contributed by atoms with van der Waals surface area (Å²) < 4.78 is 10.6. The summed E-state index contributed by atoms with van der Waals surface area (Å²) in [5.41, 5.74) is 0. The molecule has 0 aliphatic heterocycles. The van der Waals surface area contributed by atoms with Gasteiger partial charge in [-0.05, 0) is 57.3 Å². The van der Waals surface area contributed by atoms with E-state index in [1.807, 2.05) is 0 Å². The van der Waals surface area contributed by atoms with Crippen molar-refractivity contribution in [2.24, 2.45) is 5.92 Å². The molecule has 1 aliphatic carbocycles. The van der Waals surface area contributed by atoms with Crippen LogP contribution in [0, 0.1) is 5.92 Å². The van der Waals surface area contributed by atoms with E-state index in [0.29, 0.717) is 38.2 Å². The molecule has 1 rings (SSSR count). The summed E-state index contributed by atoms with van der Waals surface area (Å²) in [7, 11) is 0. The van der Waals surface area contributed by atoms with Gasteiger partial charge in [0.05, 0.1) is 6.61 Å². The minimum atomic E-state index is -0.149. The third kappa shape index (κ3) is 9.80. The fourth-order valence-corrected chi connectivity index (χ4v) is 2.72. The summed E-state index contributed by atoms with van der Waals surface area (Å²) in [6, 6.07) is 0. The number of unbranched alkanes of at least 4 members (excludes halogenated alkanes) is 1. The Morgan fingerprint density at radius 1 is 0.955 bits per heavy atom. The second-order valence-electron chi connectivity index (χ2n) is 6.71. The molecule has 0 unspecified atom stereocenters. The lowest BCUT2D eigenvalue weighted by Crippen LogP contribution is -2.20. The Morgan fingerprint density at radius 3 is 2.23 bits per heavy atom. The largest absolute Gasteiger partial charge is 0.466 e. The van der Waals surface area contributed by atoms with Crippen molar-refractivity contribution in [2.75, 3.05) is 6.61 Å². The smallest absolute Gasteiger partial charge is 0.306 e. The molecular formula is C18H32O4. The summed E-state index contributed by atoms with van der Waals surface area (Å²) in [6.45, 7) is 4.84. The lowest BCUT2D eigenvalue weighted by molar-refractivity contribution is -0.151. The van der Waals surface area contributed by atoms with E-state index in [9.17, 15) is 9.59 Å². The predicted molar refractivity (Wildman–Crippen MR) is 86.5 cm³/mol. The summed E-state index contributed by atoms with van der Waals surface area (Å²) >= 11 is 0. The first kappa shape index (κ1) is 19.0. The molecule has 0 aromatic carbocycles. The minimum absolute atomic E-state index is 0.114. The highest BCUT2D eigenvalue weighted by Crippen LogP contribution is 2.21. The highest BCUT2D eigenvalue weighted by Gasteiger charge is 2.17. The number of ether oxygens (including phenoxy) is 2. The van der Waals surface area contributed by atoms with Crippen LogP contribution in [0.25, 0.3) is 0 Å². The van der Waals surface area contributed by atoms with Crippen LogP contribution < -0.4 is 0 Å². The lowest BCUT2D eigenvalue weighted by atomic mass is 9.98. The van der Waals surface area contributed by atoms with Gasteiger partial charge in [-0.2, -0.15) is 0 Å². The first-order chi connectivity index (χ1) is 10.6. The van der Waals surface area contributed by atoms with Crippen molar-refractivity contribution in [1.82, 2.24) is 0 Å². The molecule has 4 nitrogen and oxygen atoms in total. The molecule has 1 saturated carbocycles. The van der Waals surface area contributed by atoms with E-state index >= 15 is 0 Å². The average Bonchev–Trinajstić information content (AvgIpc) is 2.49. The van der Waals surface area contributed by atoms with Crippen molar-refractivity contribution >= 4 is 11.9 Å². The molecule has 128 valence electrons. The third-order valence-electron chi connectivity index (χ3n) is 4.05. The molecule has 0 aromatic heterocycles. The predicted octanol–water partition coefficient (Wildman–Crippen LogP) is 4.40. The van der Waals surface area contributed by atoms with Crippen LogP contribution in [0.5, 0.6) is 0 Å². The van der Waals surface area contributed by atoms with Gasteiger partial charge in [0, 0.05) is 12.8 Å². The molecule has 0 amide bonds. The van der Waals surface area contributed by atoms with Gasteiger partial charge in [0.2, 0.25) is 0 Å². The Morgan fingerprint density at radius 2 is 1.59 bits per heavy atom. The van der Waals surface area contributed by atoms with Gasteiger partial charge in [0.25, 0.3) is 0 Å². The van der Waals surface area contributed by atoms with Gasteiger partial charge in [-0.25, -0.2) is 0 Å². The van der Waals surface area contributed by atoms with Gasteiger partial charge in [-0.1, -0.05) is 20.3 Å². The number of esters is 2. The van der Waals surface area contributed by atoms with Crippen LogP contribution in [-0.2, 0) is 19.1 Å². The van der Waals surface area contributed by atoms with E-state index in [1.165, 1.54) is 19.3 Å². The lowest BCUT2D eigenvalue weighted by Gasteiger charge is -2.21. The SMILES string of the molecule is CC(C)CCCOC(=O)CCCCC(=O)OC1CCCCC1. The Balaban J connectivity index is 1.95. The maximum atomic E-state index is 11.7. The molecule has 0 spiro atoms. The van der Waals surface area contributed by atoms with E-state index in [2.05, 4.69) is 13.8 Å². The van der Waals surface area contributed by atoms with Crippen LogP contribution in [0.2, 0.25) is 0 Å². The molecule has 1 fully saturated rings. The van der Waals surface area contributed by atoms with E-state index in [-0.39, 0.29) is 18.0 Å². The van der Waals surface area contributed by atoms with Crippen molar-refractivity contribution in [1.29, 1.82) is 0 Å². The van der Waals surface area contributed by atoms with Crippen LogP contribution in [0.1, 0.15) is 84.5 Å². The molecular weight excluding hydrogens is 280 g/mol. The molecule has 0 saturated heterocycles.